The van der Waals surface area contributed by atoms with E-state index in [9.17, 15) is 26.3 Å². The van der Waals surface area contributed by atoms with Crippen LogP contribution in [0.15, 0.2) is 29.3 Å². The van der Waals surface area contributed by atoms with Gasteiger partial charge in [0.05, 0.1) is 11.1 Å². The molecule has 0 saturated heterocycles. The summed E-state index contributed by atoms with van der Waals surface area (Å²) in [7, 11) is 0. The van der Waals surface area contributed by atoms with Crippen LogP contribution in [0.4, 0.5) is 32.0 Å². The molecule has 2 aromatic rings. The summed E-state index contributed by atoms with van der Waals surface area (Å²) in [5.41, 5.74) is 6.80. The van der Waals surface area contributed by atoms with E-state index in [4.69, 9.17) is 16.9 Å². The predicted molar refractivity (Wildman–Crippen MR) is 105 cm³/mol. The molecule has 0 amide bonds. The maximum atomic E-state index is 13.2. The number of pyridine rings is 1. The average Bonchev–Trinajstić information content (AvgIpc) is 2.61. The van der Waals surface area contributed by atoms with Crippen molar-refractivity contribution in [2.24, 2.45) is 16.5 Å². The van der Waals surface area contributed by atoms with Gasteiger partial charge in [0.2, 0.25) is 0 Å². The molecule has 30 heavy (non-hydrogen) atoms. The van der Waals surface area contributed by atoms with Crippen molar-refractivity contribution >= 4 is 39.5 Å². The summed E-state index contributed by atoms with van der Waals surface area (Å²) in [4.78, 5) is 6.76. The number of hydrogen-bond acceptors (Lipinski definition) is 4. The molecule has 0 bridgehead atoms. The number of aromatic nitrogens is 1. The average molecular weight is 452 g/mol. The Bertz CT molecular complexity index is 937. The minimum absolute atomic E-state index is 0.0539. The van der Waals surface area contributed by atoms with Crippen LogP contribution in [-0.2, 0) is 12.4 Å². The second kappa shape index (κ2) is 9.41. The van der Waals surface area contributed by atoms with Gasteiger partial charge in [0.25, 0.3) is 0 Å². The van der Waals surface area contributed by atoms with Gasteiger partial charge in [-0.2, -0.15) is 31.3 Å². The lowest BCUT2D eigenvalue weighted by Gasteiger charge is -2.16. The van der Waals surface area contributed by atoms with Gasteiger partial charge in [0.15, 0.2) is 11.1 Å². The molecule has 0 atom stereocenters. The fourth-order valence-corrected chi connectivity index (χ4v) is 3.25. The zero-order valence-corrected chi connectivity index (χ0v) is 16.2. The first-order valence-electron chi connectivity index (χ1n) is 8.52. The van der Waals surface area contributed by atoms with Gasteiger partial charge in [-0.1, -0.05) is 23.9 Å². The molecule has 0 fully saturated rings. The SMILES string of the molecule is N=C(N=C(N)N)SCCCCNc1cc(C(F)(F)F)nc2c(C(F)(F)F)cccc12. The number of unbranched alkanes of at least 4 members (excludes halogenated alkanes) is 1. The summed E-state index contributed by atoms with van der Waals surface area (Å²) >= 11 is 1.09. The highest BCUT2D eigenvalue weighted by molar-refractivity contribution is 8.13. The van der Waals surface area contributed by atoms with E-state index in [0.29, 0.717) is 30.7 Å². The van der Waals surface area contributed by atoms with Gasteiger partial charge in [0.1, 0.15) is 5.69 Å². The monoisotopic (exact) mass is 452 g/mol. The molecule has 6 N–H and O–H groups in total. The molecule has 164 valence electrons. The molecule has 0 radical (unpaired) electrons. The van der Waals surface area contributed by atoms with Crippen molar-refractivity contribution in [1.29, 1.82) is 5.41 Å². The predicted octanol–water partition coefficient (Wildman–Crippen LogP) is 4.41. The van der Waals surface area contributed by atoms with Crippen LogP contribution in [0.5, 0.6) is 0 Å². The zero-order valence-electron chi connectivity index (χ0n) is 15.4. The Balaban J connectivity index is 2.16. The third-order valence-corrected chi connectivity index (χ3v) is 4.65. The summed E-state index contributed by atoms with van der Waals surface area (Å²) in [5.74, 6) is 0.248. The molecule has 0 saturated carbocycles. The second-order valence-corrected chi connectivity index (χ2v) is 7.16. The summed E-state index contributed by atoms with van der Waals surface area (Å²) in [6, 6.07) is 3.80. The van der Waals surface area contributed by atoms with Crippen LogP contribution in [0.1, 0.15) is 24.1 Å². The summed E-state index contributed by atoms with van der Waals surface area (Å²) in [5, 5.41) is 10.1. The van der Waals surface area contributed by atoms with Crippen LogP contribution in [-0.4, -0.2) is 28.4 Å². The van der Waals surface area contributed by atoms with Crippen LogP contribution in [0.25, 0.3) is 10.9 Å². The normalized spacial score (nSPS) is 12.1. The number of alkyl halides is 6. The standard InChI is InChI=1S/C17H18F6N6S/c18-16(19,20)10-5-3-4-9-11(8-12(17(21,22)23)28-13(9)10)27-6-1-2-7-30-15(26)29-14(24)25/h3-5,8H,1-2,6-7H2,(H,27,28)(H5,24,25,26,29). The molecule has 1 heterocycles. The van der Waals surface area contributed by atoms with Crippen molar-refractivity contribution in [3.05, 3.63) is 35.5 Å². The number of rotatable bonds is 6. The fraction of sp³-hybridized carbons (Fsp3) is 0.353. The Morgan fingerprint density at radius 1 is 1.10 bits per heavy atom. The Kier molecular flexibility index (Phi) is 7.39. The molecule has 1 aromatic carbocycles. The lowest BCUT2D eigenvalue weighted by Crippen LogP contribution is -2.23. The number of benzene rings is 1. The van der Waals surface area contributed by atoms with E-state index in [2.05, 4.69) is 15.3 Å². The number of thioether (sulfide) groups is 1. The smallest absolute Gasteiger partial charge is 0.384 e. The Morgan fingerprint density at radius 2 is 1.80 bits per heavy atom. The van der Waals surface area contributed by atoms with Crippen molar-refractivity contribution in [1.82, 2.24) is 4.98 Å². The number of anilines is 1. The zero-order chi connectivity index (χ0) is 22.5. The molecular formula is C17H18F6N6S. The maximum Gasteiger partial charge on any atom is 0.433 e. The molecule has 0 aliphatic rings. The highest BCUT2D eigenvalue weighted by Gasteiger charge is 2.37. The van der Waals surface area contributed by atoms with Gasteiger partial charge in [0, 0.05) is 23.4 Å². The fourth-order valence-electron chi connectivity index (χ4n) is 2.54. The molecule has 13 heteroatoms. The molecular weight excluding hydrogens is 434 g/mol. The number of fused-ring (bicyclic) bond motifs is 1. The van der Waals surface area contributed by atoms with E-state index in [-0.39, 0.29) is 28.7 Å². The number of para-hydroxylation sites is 1. The van der Waals surface area contributed by atoms with Gasteiger partial charge < -0.3 is 16.8 Å². The van der Waals surface area contributed by atoms with E-state index >= 15 is 0 Å². The van der Waals surface area contributed by atoms with Gasteiger partial charge >= 0.3 is 12.4 Å². The highest BCUT2D eigenvalue weighted by atomic mass is 32.2. The maximum absolute atomic E-state index is 13.2. The van der Waals surface area contributed by atoms with E-state index in [1.54, 1.807) is 0 Å². The largest absolute Gasteiger partial charge is 0.433 e. The van der Waals surface area contributed by atoms with Crippen LogP contribution in [0.3, 0.4) is 0 Å². The molecule has 0 aliphatic carbocycles. The molecule has 1 aromatic heterocycles. The third-order valence-electron chi connectivity index (χ3n) is 3.79. The summed E-state index contributed by atoms with van der Waals surface area (Å²) in [6.07, 6.45) is -8.67. The number of amidine groups is 1. The van der Waals surface area contributed by atoms with Gasteiger partial charge in [-0.05, 0) is 25.0 Å². The number of nitrogens with one attached hydrogen (secondary N) is 2. The molecule has 0 unspecified atom stereocenters. The van der Waals surface area contributed by atoms with Crippen LogP contribution < -0.4 is 16.8 Å². The Labute approximate surface area is 171 Å². The number of nitrogens with zero attached hydrogens (tertiary/aromatic N) is 2. The lowest BCUT2D eigenvalue weighted by molar-refractivity contribution is -0.142. The van der Waals surface area contributed by atoms with Crippen molar-refractivity contribution < 1.29 is 26.3 Å². The first-order valence-corrected chi connectivity index (χ1v) is 9.51. The van der Waals surface area contributed by atoms with Gasteiger partial charge in [-0.15, -0.1) is 0 Å². The lowest BCUT2D eigenvalue weighted by atomic mass is 10.1. The Morgan fingerprint density at radius 3 is 2.40 bits per heavy atom. The van der Waals surface area contributed by atoms with E-state index < -0.39 is 29.1 Å². The van der Waals surface area contributed by atoms with Crippen molar-refractivity contribution in [3.63, 3.8) is 0 Å². The number of halogens is 6. The number of hydrogen-bond donors (Lipinski definition) is 4. The number of nitrogens with two attached hydrogens (primary N) is 2. The van der Waals surface area contributed by atoms with Gasteiger partial charge in [-0.25, -0.2) is 4.98 Å². The van der Waals surface area contributed by atoms with Crippen LogP contribution in [0, 0.1) is 5.41 Å². The number of aliphatic imine (C=N–C) groups is 1. The van der Waals surface area contributed by atoms with Crippen LogP contribution in [0.2, 0.25) is 0 Å². The van der Waals surface area contributed by atoms with E-state index in [0.717, 1.165) is 17.8 Å². The molecule has 6 nitrogen and oxygen atoms in total. The van der Waals surface area contributed by atoms with E-state index in [1.165, 1.54) is 6.07 Å². The Hall–Kier alpha value is -2.70. The van der Waals surface area contributed by atoms with Crippen LogP contribution >= 0.6 is 11.8 Å². The van der Waals surface area contributed by atoms with E-state index in [1.807, 2.05) is 0 Å². The first kappa shape index (κ1) is 23.6. The minimum Gasteiger partial charge on any atom is -0.384 e. The summed E-state index contributed by atoms with van der Waals surface area (Å²) in [6.45, 7) is 0.211. The number of guanidine groups is 1. The molecule has 2 rings (SSSR count). The quantitative estimate of drug-likeness (QED) is 0.225. The highest BCUT2D eigenvalue weighted by Crippen LogP contribution is 2.39. The second-order valence-electron chi connectivity index (χ2n) is 6.08. The topological polar surface area (TPSA) is 113 Å². The van der Waals surface area contributed by atoms with Crippen molar-refractivity contribution in [2.45, 2.75) is 25.2 Å². The minimum atomic E-state index is -4.90. The molecule has 0 aliphatic heterocycles. The molecule has 0 spiro atoms. The van der Waals surface area contributed by atoms with Crippen molar-refractivity contribution in [2.75, 3.05) is 17.6 Å². The van der Waals surface area contributed by atoms with Crippen molar-refractivity contribution in [3.8, 4) is 0 Å². The third kappa shape index (κ3) is 6.40. The first-order chi connectivity index (χ1) is 13.9. The van der Waals surface area contributed by atoms with Gasteiger partial charge in [-0.3, -0.25) is 5.41 Å². The summed E-state index contributed by atoms with van der Waals surface area (Å²) < 4.78 is 79.2.